The van der Waals surface area contributed by atoms with Crippen LogP contribution in [-0.4, -0.2) is 23.6 Å². The van der Waals surface area contributed by atoms with E-state index in [1.807, 2.05) is 62.4 Å². The van der Waals surface area contributed by atoms with E-state index in [0.29, 0.717) is 11.6 Å². The molecule has 6 heteroatoms. The Hall–Kier alpha value is -3.54. The predicted molar refractivity (Wildman–Crippen MR) is 110 cm³/mol. The highest BCUT2D eigenvalue weighted by atomic mass is 16.5. The van der Waals surface area contributed by atoms with Gasteiger partial charge in [0.05, 0.1) is 23.7 Å². The molecule has 0 saturated carbocycles. The first kappa shape index (κ1) is 19.2. The number of nitrogens with one attached hydrogen (secondary N) is 2. The Morgan fingerprint density at radius 3 is 2.46 bits per heavy atom. The van der Waals surface area contributed by atoms with Crippen molar-refractivity contribution in [2.45, 2.75) is 20.0 Å². The number of anilines is 3. The maximum Gasteiger partial charge on any atom is 0.263 e. The molecule has 0 unspecified atom stereocenters. The number of ether oxygens (including phenoxy) is 2. The van der Waals surface area contributed by atoms with E-state index in [2.05, 4.69) is 15.6 Å². The first-order valence-electron chi connectivity index (χ1n) is 9.06. The molecule has 144 valence electrons. The minimum Gasteiger partial charge on any atom is -0.489 e. The van der Waals surface area contributed by atoms with E-state index in [1.54, 1.807) is 24.4 Å². The Morgan fingerprint density at radius 2 is 1.75 bits per heavy atom. The average Bonchev–Trinajstić information content (AvgIpc) is 2.70. The molecule has 28 heavy (non-hydrogen) atoms. The molecule has 0 bridgehead atoms. The van der Waals surface area contributed by atoms with Gasteiger partial charge in [0.25, 0.3) is 5.91 Å². The van der Waals surface area contributed by atoms with Crippen molar-refractivity contribution >= 4 is 23.1 Å². The van der Waals surface area contributed by atoms with Crippen LogP contribution in [0.1, 0.15) is 13.8 Å². The summed E-state index contributed by atoms with van der Waals surface area (Å²) >= 11 is 0. The molecule has 0 atom stereocenters. The summed E-state index contributed by atoms with van der Waals surface area (Å²) < 4.78 is 11.2. The normalized spacial score (nSPS) is 10.4. The molecule has 1 heterocycles. The van der Waals surface area contributed by atoms with Gasteiger partial charge in [-0.15, -0.1) is 0 Å². The smallest absolute Gasteiger partial charge is 0.263 e. The highest BCUT2D eigenvalue weighted by Crippen LogP contribution is 2.28. The summed E-state index contributed by atoms with van der Waals surface area (Å²) in [6, 6.07) is 20.5. The Kier molecular flexibility index (Phi) is 6.46. The van der Waals surface area contributed by atoms with Gasteiger partial charge in [-0.25, -0.2) is 4.98 Å². The highest BCUT2D eigenvalue weighted by molar-refractivity contribution is 5.91. The van der Waals surface area contributed by atoms with Crippen LogP contribution in [0.4, 0.5) is 17.2 Å². The largest absolute Gasteiger partial charge is 0.489 e. The van der Waals surface area contributed by atoms with Crippen LogP contribution in [0.5, 0.6) is 11.5 Å². The lowest BCUT2D eigenvalue weighted by Gasteiger charge is -2.15. The van der Waals surface area contributed by atoms with E-state index >= 15 is 0 Å². The number of benzene rings is 2. The Morgan fingerprint density at radius 1 is 1.00 bits per heavy atom. The zero-order chi connectivity index (χ0) is 19.8. The second-order valence-corrected chi connectivity index (χ2v) is 6.37. The second-order valence-electron chi connectivity index (χ2n) is 6.37. The summed E-state index contributed by atoms with van der Waals surface area (Å²) in [5, 5.41) is 5.99. The molecule has 0 fully saturated rings. The van der Waals surface area contributed by atoms with E-state index in [9.17, 15) is 4.79 Å². The van der Waals surface area contributed by atoms with E-state index in [-0.39, 0.29) is 18.6 Å². The van der Waals surface area contributed by atoms with Gasteiger partial charge in [-0.3, -0.25) is 4.79 Å². The molecular formula is C22H23N3O3. The van der Waals surface area contributed by atoms with Crippen LogP contribution < -0.4 is 20.1 Å². The van der Waals surface area contributed by atoms with E-state index < -0.39 is 0 Å². The Balaban J connectivity index is 1.56. The lowest BCUT2D eigenvalue weighted by atomic mass is 10.2. The molecule has 0 aliphatic heterocycles. The second kappa shape index (κ2) is 9.41. The van der Waals surface area contributed by atoms with Gasteiger partial charge in [0.1, 0.15) is 17.3 Å². The summed E-state index contributed by atoms with van der Waals surface area (Å²) in [7, 11) is 0. The van der Waals surface area contributed by atoms with Gasteiger partial charge in [-0.2, -0.15) is 0 Å². The fourth-order valence-electron chi connectivity index (χ4n) is 2.47. The summed E-state index contributed by atoms with van der Waals surface area (Å²) in [5.41, 5.74) is 1.64. The zero-order valence-electron chi connectivity index (χ0n) is 15.9. The molecule has 6 nitrogen and oxygen atoms in total. The number of carbonyl (C=O) groups excluding carboxylic acids is 1. The number of nitrogens with zero attached hydrogens (tertiary/aromatic N) is 1. The molecule has 3 aromatic rings. The zero-order valence-corrected chi connectivity index (χ0v) is 15.9. The Bertz CT molecular complexity index is 896. The molecule has 1 amide bonds. The van der Waals surface area contributed by atoms with Crippen molar-refractivity contribution in [1.82, 2.24) is 4.98 Å². The molecule has 3 rings (SSSR count). The van der Waals surface area contributed by atoms with Crippen LogP contribution >= 0.6 is 0 Å². The topological polar surface area (TPSA) is 72.5 Å². The molecular weight excluding hydrogens is 354 g/mol. The molecule has 0 saturated heterocycles. The molecule has 2 aromatic carbocycles. The number of carbonyl (C=O) groups is 1. The van der Waals surface area contributed by atoms with Crippen molar-refractivity contribution in [3.8, 4) is 11.5 Å². The molecule has 1 aromatic heterocycles. The fourth-order valence-corrected chi connectivity index (χ4v) is 2.47. The minimum atomic E-state index is -0.271. The van der Waals surface area contributed by atoms with Crippen LogP contribution in [-0.2, 0) is 4.79 Å². The van der Waals surface area contributed by atoms with Crippen molar-refractivity contribution in [1.29, 1.82) is 0 Å². The quantitative estimate of drug-likeness (QED) is 0.599. The minimum absolute atomic E-state index is 0.0778. The van der Waals surface area contributed by atoms with Crippen LogP contribution in [0.25, 0.3) is 0 Å². The number of rotatable bonds is 8. The molecule has 0 aliphatic rings. The SMILES string of the molecule is CC(C)Oc1ccccc1Nc1ccc(NC(=O)COc2ccccc2)nc1. The average molecular weight is 377 g/mol. The third kappa shape index (κ3) is 5.74. The van der Waals surface area contributed by atoms with Gasteiger partial charge in [-0.1, -0.05) is 30.3 Å². The van der Waals surface area contributed by atoms with Gasteiger partial charge in [0.15, 0.2) is 6.61 Å². The van der Waals surface area contributed by atoms with Crippen LogP contribution in [0.15, 0.2) is 72.9 Å². The predicted octanol–water partition coefficient (Wildman–Crippen LogP) is 4.63. The van der Waals surface area contributed by atoms with Gasteiger partial charge in [0.2, 0.25) is 0 Å². The van der Waals surface area contributed by atoms with Crippen molar-refractivity contribution in [3.63, 3.8) is 0 Å². The number of aromatic nitrogens is 1. The maximum absolute atomic E-state index is 12.0. The van der Waals surface area contributed by atoms with Crippen molar-refractivity contribution in [2.75, 3.05) is 17.2 Å². The first-order valence-corrected chi connectivity index (χ1v) is 9.06. The fraction of sp³-hybridized carbons (Fsp3) is 0.182. The van der Waals surface area contributed by atoms with Gasteiger partial charge in [0, 0.05) is 0 Å². The monoisotopic (exact) mass is 377 g/mol. The van der Waals surface area contributed by atoms with E-state index in [0.717, 1.165) is 17.1 Å². The summed E-state index contributed by atoms with van der Waals surface area (Å²) in [4.78, 5) is 16.3. The van der Waals surface area contributed by atoms with Crippen LogP contribution in [0.3, 0.4) is 0 Å². The molecule has 0 spiro atoms. The third-order valence-corrected chi connectivity index (χ3v) is 3.67. The molecule has 2 N–H and O–H groups in total. The number of amides is 1. The number of pyridine rings is 1. The lowest BCUT2D eigenvalue weighted by molar-refractivity contribution is -0.118. The number of hydrogen-bond acceptors (Lipinski definition) is 5. The van der Waals surface area contributed by atoms with Gasteiger partial charge >= 0.3 is 0 Å². The van der Waals surface area contributed by atoms with E-state index in [1.165, 1.54) is 0 Å². The molecule has 0 aliphatic carbocycles. The third-order valence-electron chi connectivity index (χ3n) is 3.67. The number of hydrogen-bond donors (Lipinski definition) is 2. The summed E-state index contributed by atoms with van der Waals surface area (Å²) in [6.07, 6.45) is 1.73. The van der Waals surface area contributed by atoms with Crippen LogP contribution in [0, 0.1) is 0 Å². The van der Waals surface area contributed by atoms with Crippen molar-refractivity contribution in [2.24, 2.45) is 0 Å². The highest BCUT2D eigenvalue weighted by Gasteiger charge is 2.07. The maximum atomic E-state index is 12.0. The van der Waals surface area contributed by atoms with Crippen LogP contribution in [0.2, 0.25) is 0 Å². The van der Waals surface area contributed by atoms with Crippen molar-refractivity contribution in [3.05, 3.63) is 72.9 Å². The van der Waals surface area contributed by atoms with Gasteiger partial charge in [-0.05, 0) is 50.2 Å². The summed E-state index contributed by atoms with van der Waals surface area (Å²) in [5.74, 6) is 1.60. The summed E-state index contributed by atoms with van der Waals surface area (Å²) in [6.45, 7) is 3.89. The van der Waals surface area contributed by atoms with E-state index in [4.69, 9.17) is 9.47 Å². The standard InChI is InChI=1S/C22H23N3O3/c1-16(2)28-20-11-7-6-10-19(20)24-17-12-13-21(23-14-17)25-22(26)15-27-18-8-4-3-5-9-18/h3-14,16,24H,15H2,1-2H3,(H,23,25,26). The molecule has 0 radical (unpaired) electrons. The Labute approximate surface area is 164 Å². The van der Waals surface area contributed by atoms with Crippen molar-refractivity contribution < 1.29 is 14.3 Å². The first-order chi connectivity index (χ1) is 13.6. The van der Waals surface area contributed by atoms with Gasteiger partial charge < -0.3 is 20.1 Å². The lowest BCUT2D eigenvalue weighted by Crippen LogP contribution is -2.20. The number of para-hydroxylation sites is 3.